The van der Waals surface area contributed by atoms with Crippen LogP contribution in [0.5, 0.6) is 0 Å². The zero-order valence-electron chi connectivity index (χ0n) is 35.3. The van der Waals surface area contributed by atoms with Gasteiger partial charge in [0.05, 0.1) is 50.4 Å². The molecule has 5 aromatic rings. The van der Waals surface area contributed by atoms with E-state index in [-0.39, 0.29) is 68.1 Å². The van der Waals surface area contributed by atoms with Crippen LogP contribution in [-0.4, -0.2) is 63.6 Å². The largest absolute Gasteiger partial charge is 0.338 e. The van der Waals surface area contributed by atoms with Crippen LogP contribution in [0, 0.1) is 29.4 Å². The monoisotopic (exact) mass is 980 g/mol. The minimum atomic E-state index is -3.78. The van der Waals surface area contributed by atoms with Crippen LogP contribution in [0.25, 0.3) is 22.0 Å². The van der Waals surface area contributed by atoms with Gasteiger partial charge in [0.25, 0.3) is 18.8 Å². The highest BCUT2D eigenvalue weighted by Crippen LogP contribution is 2.68. The third-order valence-electron chi connectivity index (χ3n) is 12.9. The molecule has 3 saturated carbocycles. The van der Waals surface area contributed by atoms with Gasteiger partial charge in [-0.3, -0.25) is 9.48 Å². The van der Waals surface area contributed by atoms with Crippen LogP contribution < -0.4 is 0 Å². The molecule has 20 heteroatoms. The highest BCUT2D eigenvalue weighted by atomic mass is 35.5. The van der Waals surface area contributed by atoms with E-state index in [1.807, 2.05) is 0 Å². The molecule has 0 amide bonds. The Morgan fingerprint density at radius 3 is 2.26 bits per heavy atom. The highest BCUT2D eigenvalue weighted by molar-refractivity contribution is 7.93. The molecule has 0 spiro atoms. The van der Waals surface area contributed by atoms with Gasteiger partial charge in [0.15, 0.2) is 25.5 Å². The molecule has 66 heavy (non-hydrogen) atoms. The molecule has 0 aliphatic heterocycles. The Hall–Kier alpha value is -4.80. The van der Waals surface area contributed by atoms with E-state index in [0.717, 1.165) is 27.6 Å². The number of aromatic nitrogens is 4. The fourth-order valence-corrected chi connectivity index (χ4v) is 13.1. The summed E-state index contributed by atoms with van der Waals surface area (Å²) in [5.41, 5.74) is -1.44. The number of pyridine rings is 1. The lowest BCUT2D eigenvalue weighted by atomic mass is 9.86. The lowest BCUT2D eigenvalue weighted by Gasteiger charge is -2.22. The number of ketones is 1. The molecule has 0 unspecified atom stereocenters. The van der Waals surface area contributed by atoms with Gasteiger partial charge in [-0.05, 0) is 106 Å². The summed E-state index contributed by atoms with van der Waals surface area (Å²) >= 11 is 6.71. The molecule has 0 bridgehead atoms. The van der Waals surface area contributed by atoms with Crippen molar-refractivity contribution >= 4 is 48.0 Å². The van der Waals surface area contributed by atoms with Gasteiger partial charge in [-0.25, -0.2) is 48.2 Å². The summed E-state index contributed by atoms with van der Waals surface area (Å²) in [4.78, 5) is 19.1. The Kier molecular flexibility index (Phi) is 11.6. The van der Waals surface area contributed by atoms with Gasteiger partial charge in [0.1, 0.15) is 28.6 Å². The molecule has 0 saturated heterocycles. The molecule has 9 rings (SSSR count). The van der Waals surface area contributed by atoms with Crippen molar-refractivity contribution in [3.05, 3.63) is 105 Å². The molecule has 2 aromatic carbocycles. The second-order valence-electron chi connectivity index (χ2n) is 18.2. The van der Waals surface area contributed by atoms with E-state index in [4.69, 9.17) is 16.6 Å². The van der Waals surface area contributed by atoms with Gasteiger partial charge < -0.3 is 4.57 Å². The number of halogens is 9. The molecule has 4 aliphatic rings. The number of fused-ring (bicyclic) bond motifs is 4. The molecular weight excluding hydrogens is 940 g/mol. The maximum absolute atomic E-state index is 15.6. The topological polar surface area (TPSA) is 121 Å². The van der Waals surface area contributed by atoms with Gasteiger partial charge in [0.2, 0.25) is 0 Å². The number of sulfone groups is 2. The van der Waals surface area contributed by atoms with Gasteiger partial charge in [-0.15, -0.1) is 0 Å². The molecular formula is C46H41ClF8N4O5S2. The smallest absolute Gasteiger partial charge is 0.291 e. The minimum Gasteiger partial charge on any atom is -0.338 e. The van der Waals surface area contributed by atoms with E-state index >= 15 is 8.78 Å². The van der Waals surface area contributed by atoms with Crippen molar-refractivity contribution in [2.45, 2.75) is 123 Å². The number of alkyl halides is 6. The number of Topliss-reactive ketones (excluding diaryl/α,β-unsaturated/α-hetero) is 1. The molecule has 3 atom stereocenters. The van der Waals surface area contributed by atoms with Crippen molar-refractivity contribution in [2.24, 2.45) is 5.92 Å². The molecule has 3 aromatic heterocycles. The average Bonchev–Trinajstić information content (AvgIpc) is 4.11. The van der Waals surface area contributed by atoms with E-state index in [9.17, 15) is 48.0 Å². The molecule has 3 fully saturated rings. The molecule has 4 aliphatic carbocycles. The Morgan fingerprint density at radius 2 is 1.62 bits per heavy atom. The average molecular weight is 981 g/mol. The lowest BCUT2D eigenvalue weighted by molar-refractivity contribution is -0.120. The van der Waals surface area contributed by atoms with Crippen molar-refractivity contribution < 1.29 is 56.8 Å². The molecule has 0 N–H and O–H groups in total. The van der Waals surface area contributed by atoms with Crippen molar-refractivity contribution in [1.82, 2.24) is 19.3 Å². The van der Waals surface area contributed by atoms with Crippen molar-refractivity contribution in [3.8, 4) is 23.0 Å². The van der Waals surface area contributed by atoms with E-state index in [1.54, 1.807) is 0 Å². The van der Waals surface area contributed by atoms with Crippen LogP contribution in [0.3, 0.4) is 0 Å². The van der Waals surface area contributed by atoms with Crippen molar-refractivity contribution in [3.63, 3.8) is 0 Å². The Labute approximate surface area is 379 Å². The Morgan fingerprint density at radius 1 is 0.955 bits per heavy atom. The molecule has 9 nitrogen and oxygen atoms in total. The zero-order chi connectivity index (χ0) is 47.4. The Bertz CT molecular complexity index is 3100. The second-order valence-corrected chi connectivity index (χ2v) is 23.7. The summed E-state index contributed by atoms with van der Waals surface area (Å²) < 4.78 is 171. The van der Waals surface area contributed by atoms with E-state index in [0.29, 0.717) is 31.7 Å². The standard InChI is InChI=1S/C46H41ClF8N4O5S2/c1-45(2,66(63,64)30-6-7-30)12-11-27-3-8-31(32-9-10-36(47)40-37(22-65(61,62)29-4-5-29)57-59(42(32)40)21-38(50)51)41(56-27)24(13-23-14-25(48)17-26(49)15-23)16-28(60)19-58-20-34(44(52)53)39-33-18-35(33)46(54,55)43(39)58/h3,8-10,14-15,17,20,24,29-30,33,35,38,44H,4-7,13,16,18-19,21-22H2,1-2H3/t24-,33+,35-/m1/s1. The predicted octanol–water partition coefficient (Wildman–Crippen LogP) is 10.0. The van der Waals surface area contributed by atoms with Gasteiger partial charge in [-0.1, -0.05) is 23.6 Å². The third-order valence-corrected chi connectivity index (χ3v) is 18.3. The number of nitrogens with zero attached hydrogens (tertiary/aromatic N) is 4. The van der Waals surface area contributed by atoms with Crippen LogP contribution in [0.15, 0.2) is 48.7 Å². The number of carbonyl (C=O) groups excluding carboxylic acids is 1. The van der Waals surface area contributed by atoms with Crippen LogP contribution in [0.2, 0.25) is 5.02 Å². The lowest BCUT2D eigenvalue weighted by Crippen LogP contribution is -2.33. The number of carbonyl (C=O) groups is 1. The molecule has 350 valence electrons. The summed E-state index contributed by atoms with van der Waals surface area (Å²) in [6.45, 7) is 1.06. The first-order valence-corrected chi connectivity index (χ1v) is 24.9. The fourth-order valence-electron chi connectivity index (χ4n) is 9.39. The summed E-state index contributed by atoms with van der Waals surface area (Å²) in [7, 11) is -7.50. The van der Waals surface area contributed by atoms with E-state index in [2.05, 4.69) is 16.9 Å². The van der Waals surface area contributed by atoms with Crippen molar-refractivity contribution in [2.75, 3.05) is 0 Å². The van der Waals surface area contributed by atoms with Crippen LogP contribution >= 0.6 is 11.6 Å². The third kappa shape index (κ3) is 8.54. The summed E-state index contributed by atoms with van der Waals surface area (Å²) in [6, 6.07) is 8.32. The maximum Gasteiger partial charge on any atom is 0.291 e. The van der Waals surface area contributed by atoms with E-state index < -0.39 is 125 Å². The molecule has 0 radical (unpaired) electrons. The van der Waals surface area contributed by atoms with Gasteiger partial charge >= 0.3 is 0 Å². The predicted molar refractivity (Wildman–Crippen MR) is 229 cm³/mol. The first kappa shape index (κ1) is 46.3. The van der Waals surface area contributed by atoms with Gasteiger partial charge in [-0.2, -0.15) is 13.9 Å². The maximum atomic E-state index is 15.6. The SMILES string of the molecule is CC(C)(C#Cc1ccc(-c2ccc(Cl)c3c(CS(=O)(=O)C4CC4)nn(CC(F)F)c23)c([C@@H](CC(=O)Cn2cc(C(F)F)c3c2C(F)(F)[C@@H]2C[C@H]32)Cc2cc(F)cc(F)c2)n1)S(=O)(=O)C1CC1. The van der Waals surface area contributed by atoms with Crippen LogP contribution in [-0.2, 0) is 55.7 Å². The second kappa shape index (κ2) is 16.5. The zero-order valence-corrected chi connectivity index (χ0v) is 37.7. The van der Waals surface area contributed by atoms with Crippen LogP contribution in [0.4, 0.5) is 35.1 Å². The first-order valence-electron chi connectivity index (χ1n) is 21.3. The normalized spacial score (nSPS) is 19.5. The van der Waals surface area contributed by atoms with Crippen molar-refractivity contribution in [1.29, 1.82) is 0 Å². The van der Waals surface area contributed by atoms with Crippen LogP contribution in [0.1, 0.15) is 110 Å². The quantitative estimate of drug-likeness (QED) is 0.0713. The number of rotatable bonds is 16. The van der Waals surface area contributed by atoms with Gasteiger partial charge in [0, 0.05) is 52.6 Å². The Balaban J connectivity index is 1.22. The van der Waals surface area contributed by atoms with E-state index in [1.165, 1.54) is 38.1 Å². The summed E-state index contributed by atoms with van der Waals surface area (Å²) in [5, 5.41) is 3.13. The first-order chi connectivity index (χ1) is 31.0. The summed E-state index contributed by atoms with van der Waals surface area (Å²) in [6.07, 6.45) is -4.41. The highest BCUT2D eigenvalue weighted by Gasteiger charge is 2.66. The fraction of sp³-hybridized carbons (Fsp3) is 0.457. The number of hydrogen-bond acceptors (Lipinski definition) is 7. The number of benzene rings is 2. The summed E-state index contributed by atoms with van der Waals surface area (Å²) in [5.74, 6) is -4.45. The number of hydrogen-bond donors (Lipinski definition) is 0. The minimum absolute atomic E-state index is 0.0104. The molecule has 3 heterocycles.